The summed E-state index contributed by atoms with van der Waals surface area (Å²) in [6, 6.07) is 10.6. The van der Waals surface area contributed by atoms with Gasteiger partial charge < -0.3 is 10.2 Å². The van der Waals surface area contributed by atoms with E-state index < -0.39 is 10.0 Å². The molecule has 26 heavy (non-hydrogen) atoms. The maximum Gasteiger partial charge on any atom is 0.211 e. The summed E-state index contributed by atoms with van der Waals surface area (Å²) >= 11 is 0. The van der Waals surface area contributed by atoms with Gasteiger partial charge in [-0.2, -0.15) is 0 Å². The Labute approximate surface area is 158 Å². The van der Waals surface area contributed by atoms with E-state index in [9.17, 15) is 8.42 Å². The van der Waals surface area contributed by atoms with Gasteiger partial charge in [-0.05, 0) is 25.3 Å². The minimum Gasteiger partial charge on any atom is -0.357 e. The van der Waals surface area contributed by atoms with Crippen molar-refractivity contribution in [2.24, 2.45) is 4.99 Å². The fourth-order valence-corrected chi connectivity index (χ4v) is 4.30. The molecule has 0 spiro atoms. The first-order valence-electron chi connectivity index (χ1n) is 9.49. The van der Waals surface area contributed by atoms with Crippen LogP contribution in [0.25, 0.3) is 0 Å². The van der Waals surface area contributed by atoms with E-state index >= 15 is 0 Å². The van der Waals surface area contributed by atoms with Crippen LogP contribution in [0.4, 0.5) is 0 Å². The van der Waals surface area contributed by atoms with Gasteiger partial charge >= 0.3 is 0 Å². The predicted octanol–water partition coefficient (Wildman–Crippen LogP) is 2.11. The zero-order chi connectivity index (χ0) is 19.0. The zero-order valence-corrected chi connectivity index (χ0v) is 17.0. The van der Waals surface area contributed by atoms with E-state index in [0.717, 1.165) is 38.4 Å². The molecule has 6 nitrogen and oxygen atoms in total. The molecule has 0 aromatic heterocycles. The number of benzene rings is 1. The lowest BCUT2D eigenvalue weighted by Crippen LogP contribution is -2.40. The quantitative estimate of drug-likeness (QED) is 0.426. The standard InChI is InChI=1S/C19H32N4O2S/c1-4-20-19(21-13-9-14-23(5-2)26(3,24)25)22-15-12-18(16-22)17-10-7-6-8-11-17/h6-8,10-11,18H,4-5,9,12-16H2,1-3H3,(H,20,21). The zero-order valence-electron chi connectivity index (χ0n) is 16.2. The van der Waals surface area contributed by atoms with Crippen molar-refractivity contribution in [1.82, 2.24) is 14.5 Å². The molecule has 0 bridgehead atoms. The molecule has 1 aliphatic heterocycles. The number of sulfonamides is 1. The second-order valence-electron chi connectivity index (χ2n) is 6.69. The predicted molar refractivity (Wildman–Crippen MR) is 108 cm³/mol. The first-order chi connectivity index (χ1) is 12.5. The van der Waals surface area contributed by atoms with Crippen LogP contribution in [0.3, 0.4) is 0 Å². The highest BCUT2D eigenvalue weighted by molar-refractivity contribution is 7.88. The summed E-state index contributed by atoms with van der Waals surface area (Å²) in [5.41, 5.74) is 1.39. The van der Waals surface area contributed by atoms with E-state index in [4.69, 9.17) is 4.99 Å². The third-order valence-corrected chi connectivity index (χ3v) is 6.12. The largest absolute Gasteiger partial charge is 0.357 e. The molecule has 1 saturated heterocycles. The van der Waals surface area contributed by atoms with Crippen LogP contribution in [-0.4, -0.2) is 69.1 Å². The van der Waals surface area contributed by atoms with E-state index in [1.807, 2.05) is 6.92 Å². The van der Waals surface area contributed by atoms with E-state index in [1.165, 1.54) is 16.1 Å². The maximum absolute atomic E-state index is 11.6. The summed E-state index contributed by atoms with van der Waals surface area (Å²) in [6.07, 6.45) is 3.12. The Balaban J connectivity index is 1.91. The minimum atomic E-state index is -3.12. The van der Waals surface area contributed by atoms with Crippen LogP contribution in [0.2, 0.25) is 0 Å². The highest BCUT2D eigenvalue weighted by Crippen LogP contribution is 2.26. The molecule has 1 unspecified atom stereocenters. The lowest BCUT2D eigenvalue weighted by atomic mass is 9.99. The first-order valence-corrected chi connectivity index (χ1v) is 11.3. The van der Waals surface area contributed by atoms with Gasteiger partial charge in [-0.3, -0.25) is 4.99 Å². The normalized spacial score (nSPS) is 18.5. The number of likely N-dealkylation sites (tertiary alicyclic amines) is 1. The SMILES string of the molecule is CCNC(=NCCCN(CC)S(C)(=O)=O)N1CCC(c2ccccc2)C1. The van der Waals surface area contributed by atoms with Gasteiger partial charge in [0.25, 0.3) is 0 Å². The summed E-state index contributed by atoms with van der Waals surface area (Å²) in [4.78, 5) is 7.04. The molecule has 7 heteroatoms. The van der Waals surface area contributed by atoms with Crippen molar-refractivity contribution in [3.05, 3.63) is 35.9 Å². The maximum atomic E-state index is 11.6. The van der Waals surface area contributed by atoms with Crippen molar-refractivity contribution in [3.63, 3.8) is 0 Å². The molecule has 2 rings (SSSR count). The van der Waals surface area contributed by atoms with Gasteiger partial charge in [0.2, 0.25) is 10.0 Å². The van der Waals surface area contributed by atoms with Crippen LogP contribution in [0.1, 0.15) is 38.2 Å². The van der Waals surface area contributed by atoms with E-state index in [2.05, 4.69) is 47.5 Å². The fourth-order valence-electron chi connectivity index (χ4n) is 3.37. The van der Waals surface area contributed by atoms with E-state index in [1.54, 1.807) is 0 Å². The molecule has 0 aliphatic carbocycles. The van der Waals surface area contributed by atoms with Crippen molar-refractivity contribution < 1.29 is 8.42 Å². The Morgan fingerprint density at radius 2 is 2.04 bits per heavy atom. The number of aliphatic imine (C=N–C) groups is 1. The van der Waals surface area contributed by atoms with Gasteiger partial charge in [-0.1, -0.05) is 37.3 Å². The highest BCUT2D eigenvalue weighted by Gasteiger charge is 2.25. The van der Waals surface area contributed by atoms with Gasteiger partial charge in [0, 0.05) is 45.2 Å². The van der Waals surface area contributed by atoms with Crippen LogP contribution >= 0.6 is 0 Å². The number of rotatable bonds is 8. The van der Waals surface area contributed by atoms with E-state index in [0.29, 0.717) is 25.6 Å². The minimum absolute atomic E-state index is 0.507. The molecule has 1 N–H and O–H groups in total. The summed E-state index contributed by atoms with van der Waals surface area (Å²) in [5.74, 6) is 1.48. The number of guanidine groups is 1. The topological polar surface area (TPSA) is 65.0 Å². The molecule has 146 valence electrons. The van der Waals surface area contributed by atoms with Crippen molar-refractivity contribution in [1.29, 1.82) is 0 Å². The average molecular weight is 381 g/mol. The Kier molecular flexibility index (Phi) is 7.90. The van der Waals surface area contributed by atoms with Crippen LogP contribution in [0.15, 0.2) is 35.3 Å². The molecule has 1 fully saturated rings. The molecule has 1 aromatic rings. The van der Waals surface area contributed by atoms with Crippen molar-refractivity contribution in [2.45, 2.75) is 32.6 Å². The molecular weight excluding hydrogens is 348 g/mol. The van der Waals surface area contributed by atoms with Crippen LogP contribution in [-0.2, 0) is 10.0 Å². The summed E-state index contributed by atoms with van der Waals surface area (Å²) in [5, 5.41) is 3.37. The number of hydrogen-bond donors (Lipinski definition) is 1. The molecule has 1 aromatic carbocycles. The van der Waals surface area contributed by atoms with Gasteiger partial charge in [0.15, 0.2) is 5.96 Å². The third kappa shape index (κ3) is 5.99. The van der Waals surface area contributed by atoms with Crippen molar-refractivity contribution in [2.75, 3.05) is 45.5 Å². The third-order valence-electron chi connectivity index (χ3n) is 4.74. The second-order valence-corrected chi connectivity index (χ2v) is 8.67. The molecular formula is C19H32N4O2S. The van der Waals surface area contributed by atoms with Crippen molar-refractivity contribution in [3.8, 4) is 0 Å². The lowest BCUT2D eigenvalue weighted by molar-refractivity contribution is 0.425. The van der Waals surface area contributed by atoms with Crippen LogP contribution in [0.5, 0.6) is 0 Å². The second kappa shape index (κ2) is 9.92. The van der Waals surface area contributed by atoms with Gasteiger partial charge in [-0.25, -0.2) is 12.7 Å². The number of nitrogens with zero attached hydrogens (tertiary/aromatic N) is 3. The van der Waals surface area contributed by atoms with Crippen LogP contribution in [0, 0.1) is 0 Å². The molecule has 1 heterocycles. The first kappa shape index (κ1) is 20.7. The smallest absolute Gasteiger partial charge is 0.211 e. The summed E-state index contributed by atoms with van der Waals surface area (Å²) in [7, 11) is -3.12. The van der Waals surface area contributed by atoms with E-state index in [-0.39, 0.29) is 0 Å². The fraction of sp³-hybridized carbons (Fsp3) is 0.632. The lowest BCUT2D eigenvalue weighted by Gasteiger charge is -2.22. The monoisotopic (exact) mass is 380 g/mol. The van der Waals surface area contributed by atoms with Gasteiger partial charge in [0.1, 0.15) is 0 Å². The Hall–Kier alpha value is -1.60. The molecule has 0 amide bonds. The highest BCUT2D eigenvalue weighted by atomic mass is 32.2. The number of nitrogens with one attached hydrogen (secondary N) is 1. The average Bonchev–Trinajstić information content (AvgIpc) is 3.10. The summed E-state index contributed by atoms with van der Waals surface area (Å²) < 4.78 is 24.8. The summed E-state index contributed by atoms with van der Waals surface area (Å²) in [6.45, 7) is 8.39. The Morgan fingerprint density at radius 3 is 2.65 bits per heavy atom. The molecule has 0 radical (unpaired) electrons. The van der Waals surface area contributed by atoms with Gasteiger partial charge in [-0.15, -0.1) is 0 Å². The molecule has 0 saturated carbocycles. The Morgan fingerprint density at radius 1 is 1.31 bits per heavy atom. The van der Waals surface area contributed by atoms with Gasteiger partial charge in [0.05, 0.1) is 6.26 Å². The Bertz CT molecular complexity index is 676. The van der Waals surface area contributed by atoms with Crippen LogP contribution < -0.4 is 5.32 Å². The molecule has 1 aliphatic rings. The van der Waals surface area contributed by atoms with Crippen molar-refractivity contribution >= 4 is 16.0 Å². The molecule has 1 atom stereocenters. The number of hydrogen-bond acceptors (Lipinski definition) is 3.